The molecule has 0 aromatic heterocycles. The minimum Gasteiger partial charge on any atom is -0.489 e. The van der Waals surface area contributed by atoms with Crippen molar-refractivity contribution in [1.82, 2.24) is 5.32 Å². The number of aliphatic carboxylic acids is 2. The smallest absolute Gasteiger partial charge is 0.394 e. The van der Waals surface area contributed by atoms with Gasteiger partial charge in [-0.3, -0.25) is 4.79 Å². The monoisotopic (exact) mass is 372 g/mol. The van der Waals surface area contributed by atoms with Crippen molar-refractivity contribution in [3.63, 3.8) is 0 Å². The van der Waals surface area contributed by atoms with E-state index in [0.29, 0.717) is 24.5 Å². The van der Waals surface area contributed by atoms with E-state index in [2.05, 4.69) is 0 Å². The number of benzene rings is 2. The van der Waals surface area contributed by atoms with E-state index in [1.165, 1.54) is 0 Å². The number of nitrogens with two attached hydrogens (primary N) is 1. The van der Waals surface area contributed by atoms with Gasteiger partial charge in [0.15, 0.2) is 0 Å². The summed E-state index contributed by atoms with van der Waals surface area (Å²) in [5.74, 6) is -3.80. The van der Waals surface area contributed by atoms with Crippen molar-refractivity contribution in [2.75, 3.05) is 0 Å². The van der Waals surface area contributed by atoms with Crippen LogP contribution in [0.4, 0.5) is 0 Å². The predicted octanol–water partition coefficient (Wildman–Crippen LogP) is 0.921. The average Bonchev–Trinajstić information content (AvgIpc) is 2.67. The van der Waals surface area contributed by atoms with Crippen molar-refractivity contribution in [3.05, 3.63) is 65.2 Å². The lowest BCUT2D eigenvalue weighted by Crippen LogP contribution is -2.45. The normalized spacial score (nSPS) is 11.4. The summed E-state index contributed by atoms with van der Waals surface area (Å²) >= 11 is 0. The highest BCUT2D eigenvalue weighted by atomic mass is 16.5. The average molecular weight is 372 g/mol. The Morgan fingerprint density at radius 3 is 2.00 bits per heavy atom. The summed E-state index contributed by atoms with van der Waals surface area (Å²) in [5.41, 5.74) is 8.19. The minimum absolute atomic E-state index is 0.0464. The van der Waals surface area contributed by atoms with E-state index in [4.69, 9.17) is 20.7 Å². The number of carboxylic acid groups (broad SMARTS) is 2. The zero-order valence-corrected chi connectivity index (χ0v) is 14.4. The molecule has 0 saturated carbocycles. The number of nitrogens with one attached hydrogen (secondary N) is 1. The fourth-order valence-electron chi connectivity index (χ4n) is 2.32. The molecule has 0 heterocycles. The lowest BCUT2D eigenvalue weighted by Gasteiger charge is -2.13. The highest BCUT2D eigenvalue weighted by Gasteiger charge is 2.23. The van der Waals surface area contributed by atoms with Crippen LogP contribution < -0.4 is 15.8 Å². The van der Waals surface area contributed by atoms with E-state index >= 15 is 0 Å². The number of carbonyl (C=O) groups is 3. The predicted molar refractivity (Wildman–Crippen MR) is 96.0 cm³/mol. The van der Waals surface area contributed by atoms with Gasteiger partial charge in [-0.25, -0.2) is 9.59 Å². The molecule has 0 aliphatic heterocycles. The third-order valence-corrected chi connectivity index (χ3v) is 3.83. The second kappa shape index (κ2) is 9.35. The van der Waals surface area contributed by atoms with Gasteiger partial charge in [0, 0.05) is 13.0 Å². The van der Waals surface area contributed by atoms with E-state index in [1.54, 1.807) is 24.3 Å². The van der Waals surface area contributed by atoms with Gasteiger partial charge in [0.1, 0.15) is 18.4 Å². The molecule has 0 aliphatic carbocycles. The fourth-order valence-corrected chi connectivity index (χ4v) is 2.32. The van der Waals surface area contributed by atoms with E-state index in [0.717, 1.165) is 11.1 Å². The Morgan fingerprint density at radius 1 is 0.926 bits per heavy atom. The molecule has 142 valence electrons. The van der Waals surface area contributed by atoms with Crippen LogP contribution in [0.15, 0.2) is 48.5 Å². The first-order valence-corrected chi connectivity index (χ1v) is 8.15. The molecule has 2 rings (SSSR count). The first-order valence-electron chi connectivity index (χ1n) is 8.15. The molecule has 27 heavy (non-hydrogen) atoms. The zero-order valence-electron chi connectivity index (χ0n) is 14.4. The number of hydrogen-bond donors (Lipinski definition) is 4. The maximum atomic E-state index is 11.2. The van der Waals surface area contributed by atoms with Crippen molar-refractivity contribution in [3.8, 4) is 5.75 Å². The molecule has 1 amide bonds. The quantitative estimate of drug-likeness (QED) is 0.505. The van der Waals surface area contributed by atoms with Crippen LogP contribution in [-0.4, -0.2) is 34.1 Å². The summed E-state index contributed by atoms with van der Waals surface area (Å²) < 4.78 is 5.67. The number of ether oxygens (including phenoxy) is 1. The van der Waals surface area contributed by atoms with Gasteiger partial charge in [-0.15, -0.1) is 0 Å². The summed E-state index contributed by atoms with van der Waals surface area (Å²) in [6.07, 6.45) is -0.0464. The summed E-state index contributed by atoms with van der Waals surface area (Å²) in [6.45, 7) is 0.851. The van der Waals surface area contributed by atoms with Crippen molar-refractivity contribution < 1.29 is 29.3 Å². The summed E-state index contributed by atoms with van der Waals surface area (Å²) in [7, 11) is 0. The highest BCUT2D eigenvalue weighted by Crippen LogP contribution is 2.16. The van der Waals surface area contributed by atoms with Crippen LogP contribution >= 0.6 is 0 Å². The molecule has 0 aliphatic rings. The first-order chi connectivity index (χ1) is 12.9. The van der Waals surface area contributed by atoms with Gasteiger partial charge in [-0.05, 0) is 28.8 Å². The molecule has 2 aromatic carbocycles. The van der Waals surface area contributed by atoms with Crippen molar-refractivity contribution in [1.29, 1.82) is 0 Å². The van der Waals surface area contributed by atoms with Crippen molar-refractivity contribution in [2.24, 2.45) is 5.73 Å². The summed E-state index contributed by atoms with van der Waals surface area (Å²) in [6, 6.07) is 13.1. The van der Waals surface area contributed by atoms with Gasteiger partial charge >= 0.3 is 17.8 Å². The van der Waals surface area contributed by atoms with Gasteiger partial charge in [-0.2, -0.15) is 0 Å². The SMILES string of the molecule is NCc1ccc(COc2ccc(C[C@H](NC(=O)C(=O)O)C(=O)O)cc2)cc1. The lowest BCUT2D eigenvalue weighted by molar-refractivity contribution is -0.152. The number of carboxylic acids is 2. The summed E-state index contributed by atoms with van der Waals surface area (Å²) in [4.78, 5) is 32.9. The zero-order chi connectivity index (χ0) is 19.8. The van der Waals surface area contributed by atoms with Gasteiger partial charge < -0.3 is 26.0 Å². The first kappa shape index (κ1) is 19.9. The molecule has 2 aromatic rings. The van der Waals surface area contributed by atoms with Crippen LogP contribution in [0.2, 0.25) is 0 Å². The number of carbonyl (C=O) groups excluding carboxylic acids is 1. The number of rotatable bonds is 8. The van der Waals surface area contributed by atoms with Gasteiger partial charge in [0.25, 0.3) is 0 Å². The highest BCUT2D eigenvalue weighted by molar-refractivity contribution is 6.31. The Bertz CT molecular complexity index is 802. The van der Waals surface area contributed by atoms with E-state index in [9.17, 15) is 14.4 Å². The molecule has 0 saturated heterocycles. The van der Waals surface area contributed by atoms with Crippen LogP contribution in [0.3, 0.4) is 0 Å². The maximum absolute atomic E-state index is 11.2. The Hall–Kier alpha value is -3.39. The molecule has 0 unspecified atom stereocenters. The molecular formula is C19H20N2O6. The number of amides is 1. The molecule has 0 fully saturated rings. The van der Waals surface area contributed by atoms with E-state index in [1.807, 2.05) is 29.6 Å². The minimum atomic E-state index is -1.73. The fraction of sp³-hybridized carbons (Fsp3) is 0.211. The van der Waals surface area contributed by atoms with Crippen LogP contribution in [0.25, 0.3) is 0 Å². The molecule has 0 bridgehead atoms. The standard InChI is InChI=1S/C19H20N2O6/c20-10-13-1-3-14(4-2-13)11-27-15-7-5-12(6-8-15)9-16(18(23)24)21-17(22)19(25)26/h1-8,16H,9-11,20H2,(H,21,22)(H,23,24)(H,25,26)/t16-/m0/s1. The summed E-state index contributed by atoms with van der Waals surface area (Å²) in [5, 5.41) is 19.7. The Labute approximate surface area is 155 Å². The Balaban J connectivity index is 1.93. The molecular weight excluding hydrogens is 352 g/mol. The number of hydrogen-bond acceptors (Lipinski definition) is 5. The molecule has 5 N–H and O–H groups in total. The van der Waals surface area contributed by atoms with Crippen LogP contribution in [0.1, 0.15) is 16.7 Å². The van der Waals surface area contributed by atoms with Gasteiger partial charge in [0.05, 0.1) is 0 Å². The van der Waals surface area contributed by atoms with Crippen molar-refractivity contribution >= 4 is 17.8 Å². The van der Waals surface area contributed by atoms with Crippen LogP contribution in [-0.2, 0) is 34.0 Å². The third-order valence-electron chi connectivity index (χ3n) is 3.83. The Kier molecular flexibility index (Phi) is 6.90. The van der Waals surface area contributed by atoms with Crippen LogP contribution in [0, 0.1) is 0 Å². The van der Waals surface area contributed by atoms with Crippen LogP contribution in [0.5, 0.6) is 5.75 Å². The Morgan fingerprint density at radius 2 is 1.48 bits per heavy atom. The van der Waals surface area contributed by atoms with E-state index < -0.39 is 23.9 Å². The largest absolute Gasteiger partial charge is 0.489 e. The molecule has 0 spiro atoms. The second-order valence-electron chi connectivity index (χ2n) is 5.83. The van der Waals surface area contributed by atoms with Gasteiger partial charge in [0.2, 0.25) is 0 Å². The molecule has 1 atom stereocenters. The maximum Gasteiger partial charge on any atom is 0.394 e. The lowest BCUT2D eigenvalue weighted by atomic mass is 10.1. The van der Waals surface area contributed by atoms with E-state index in [-0.39, 0.29) is 6.42 Å². The molecule has 0 radical (unpaired) electrons. The third kappa shape index (κ3) is 6.12. The topological polar surface area (TPSA) is 139 Å². The molecule has 8 heteroatoms. The van der Waals surface area contributed by atoms with Crippen molar-refractivity contribution in [2.45, 2.75) is 25.6 Å². The molecule has 8 nitrogen and oxygen atoms in total. The second-order valence-corrected chi connectivity index (χ2v) is 5.83. The van der Waals surface area contributed by atoms with Gasteiger partial charge in [-0.1, -0.05) is 36.4 Å².